The van der Waals surface area contributed by atoms with E-state index in [1.807, 2.05) is 0 Å². The summed E-state index contributed by atoms with van der Waals surface area (Å²) in [6, 6.07) is 7.95. The molecule has 0 radical (unpaired) electrons. The van der Waals surface area contributed by atoms with Crippen molar-refractivity contribution in [2.24, 2.45) is 0 Å². The van der Waals surface area contributed by atoms with E-state index in [0.717, 1.165) is 0 Å². The van der Waals surface area contributed by atoms with Gasteiger partial charge in [0.2, 0.25) is 5.67 Å². The number of rotatable bonds is 3. The van der Waals surface area contributed by atoms with E-state index in [1.165, 1.54) is 19.1 Å². The maximum atomic E-state index is 13.8. The molecule has 0 saturated heterocycles. The van der Waals surface area contributed by atoms with E-state index in [-0.39, 0.29) is 12.0 Å². The van der Waals surface area contributed by atoms with Crippen molar-refractivity contribution in [2.75, 3.05) is 0 Å². The van der Waals surface area contributed by atoms with Crippen molar-refractivity contribution in [1.29, 1.82) is 0 Å². The molecular formula is C10H11FO2. The van der Waals surface area contributed by atoms with E-state index < -0.39 is 11.6 Å². The van der Waals surface area contributed by atoms with Crippen molar-refractivity contribution in [2.45, 2.75) is 19.0 Å². The molecule has 1 rings (SSSR count). The van der Waals surface area contributed by atoms with Crippen LogP contribution in [0, 0.1) is 0 Å². The maximum absolute atomic E-state index is 13.8. The van der Waals surface area contributed by atoms with Gasteiger partial charge in [0, 0.05) is 5.56 Å². The fourth-order valence-electron chi connectivity index (χ4n) is 1.18. The van der Waals surface area contributed by atoms with Crippen molar-refractivity contribution in [3.63, 3.8) is 0 Å². The van der Waals surface area contributed by atoms with Crippen LogP contribution in [0.2, 0.25) is 0 Å². The van der Waals surface area contributed by atoms with Gasteiger partial charge in [0.25, 0.3) is 0 Å². The van der Waals surface area contributed by atoms with E-state index in [4.69, 9.17) is 5.11 Å². The Morgan fingerprint density at radius 1 is 1.46 bits per heavy atom. The smallest absolute Gasteiger partial charge is 0.346 e. The van der Waals surface area contributed by atoms with Gasteiger partial charge in [-0.05, 0) is 6.42 Å². The second-order valence-electron chi connectivity index (χ2n) is 2.83. The Labute approximate surface area is 76.0 Å². The van der Waals surface area contributed by atoms with Gasteiger partial charge in [-0.3, -0.25) is 0 Å². The van der Waals surface area contributed by atoms with Crippen LogP contribution in [0.15, 0.2) is 30.3 Å². The first-order valence-corrected chi connectivity index (χ1v) is 4.09. The van der Waals surface area contributed by atoms with E-state index >= 15 is 0 Å². The van der Waals surface area contributed by atoms with Crippen LogP contribution in [0.3, 0.4) is 0 Å². The molecule has 0 aliphatic rings. The predicted octanol–water partition coefficient (Wildman–Crippen LogP) is 2.35. The molecule has 3 heteroatoms. The van der Waals surface area contributed by atoms with Gasteiger partial charge in [0.05, 0.1) is 0 Å². The van der Waals surface area contributed by atoms with Gasteiger partial charge in [-0.15, -0.1) is 0 Å². The molecule has 0 saturated carbocycles. The van der Waals surface area contributed by atoms with E-state index in [9.17, 15) is 9.18 Å². The van der Waals surface area contributed by atoms with Crippen molar-refractivity contribution in [3.05, 3.63) is 35.9 Å². The summed E-state index contributed by atoms with van der Waals surface area (Å²) >= 11 is 0. The lowest BCUT2D eigenvalue weighted by atomic mass is 9.93. The Morgan fingerprint density at radius 3 is 2.38 bits per heavy atom. The van der Waals surface area contributed by atoms with Crippen LogP contribution in [0.5, 0.6) is 0 Å². The lowest BCUT2D eigenvalue weighted by Gasteiger charge is -2.18. The number of carboxylic acid groups (broad SMARTS) is 1. The number of carbonyl (C=O) groups is 1. The maximum Gasteiger partial charge on any atom is 0.346 e. The molecular weight excluding hydrogens is 171 g/mol. The van der Waals surface area contributed by atoms with Crippen LogP contribution in [0.1, 0.15) is 18.9 Å². The quantitative estimate of drug-likeness (QED) is 0.779. The van der Waals surface area contributed by atoms with E-state index in [1.54, 1.807) is 18.2 Å². The Hall–Kier alpha value is -1.38. The molecule has 0 heterocycles. The molecule has 1 aromatic carbocycles. The summed E-state index contributed by atoms with van der Waals surface area (Å²) in [5, 5.41) is 8.71. The average molecular weight is 182 g/mol. The van der Waals surface area contributed by atoms with Gasteiger partial charge >= 0.3 is 5.97 Å². The molecule has 0 aromatic heterocycles. The zero-order valence-electron chi connectivity index (χ0n) is 7.33. The van der Waals surface area contributed by atoms with E-state index in [0.29, 0.717) is 0 Å². The number of benzene rings is 1. The molecule has 1 atom stereocenters. The number of hydrogen-bond donors (Lipinski definition) is 1. The summed E-state index contributed by atoms with van der Waals surface area (Å²) in [5.74, 6) is -1.43. The number of halogens is 1. The molecule has 0 spiro atoms. The normalized spacial score (nSPS) is 14.9. The van der Waals surface area contributed by atoms with Crippen LogP contribution in [0.25, 0.3) is 0 Å². The monoisotopic (exact) mass is 182 g/mol. The van der Waals surface area contributed by atoms with Crippen molar-refractivity contribution in [1.82, 2.24) is 0 Å². The summed E-state index contributed by atoms with van der Waals surface area (Å²) in [6.45, 7) is 1.52. The Bertz CT molecular complexity index is 297. The predicted molar refractivity (Wildman–Crippen MR) is 47.2 cm³/mol. The topological polar surface area (TPSA) is 37.3 Å². The first-order valence-electron chi connectivity index (χ1n) is 4.09. The number of alkyl halides is 1. The van der Waals surface area contributed by atoms with Gasteiger partial charge in [-0.2, -0.15) is 0 Å². The second kappa shape index (κ2) is 3.56. The SMILES string of the molecule is CCC(F)(C(=O)O)c1ccccc1. The summed E-state index contributed by atoms with van der Waals surface area (Å²) in [7, 11) is 0. The minimum Gasteiger partial charge on any atom is -0.479 e. The zero-order valence-corrected chi connectivity index (χ0v) is 7.33. The highest BCUT2D eigenvalue weighted by atomic mass is 19.1. The summed E-state index contributed by atoms with van der Waals surface area (Å²) in [6.07, 6.45) is -0.0631. The fourth-order valence-corrected chi connectivity index (χ4v) is 1.18. The molecule has 1 N–H and O–H groups in total. The van der Waals surface area contributed by atoms with Gasteiger partial charge in [-0.25, -0.2) is 9.18 Å². The average Bonchev–Trinajstić information content (AvgIpc) is 2.17. The van der Waals surface area contributed by atoms with Gasteiger partial charge in [-0.1, -0.05) is 37.3 Å². The summed E-state index contributed by atoms with van der Waals surface area (Å²) < 4.78 is 13.8. The number of hydrogen-bond acceptors (Lipinski definition) is 1. The Kier molecular flexibility index (Phi) is 2.66. The highest BCUT2D eigenvalue weighted by molar-refractivity contribution is 5.79. The molecule has 0 fully saturated rings. The van der Waals surface area contributed by atoms with Gasteiger partial charge < -0.3 is 5.11 Å². The lowest BCUT2D eigenvalue weighted by Crippen LogP contribution is -2.29. The molecule has 0 aliphatic heterocycles. The van der Waals surface area contributed by atoms with Crippen molar-refractivity contribution < 1.29 is 14.3 Å². The third-order valence-corrected chi connectivity index (χ3v) is 2.06. The van der Waals surface area contributed by atoms with E-state index in [2.05, 4.69) is 0 Å². The van der Waals surface area contributed by atoms with Crippen LogP contribution in [-0.4, -0.2) is 11.1 Å². The fraction of sp³-hybridized carbons (Fsp3) is 0.300. The highest BCUT2D eigenvalue weighted by Crippen LogP contribution is 2.29. The number of carboxylic acids is 1. The van der Waals surface area contributed by atoms with Crippen LogP contribution in [0.4, 0.5) is 4.39 Å². The molecule has 0 aliphatic carbocycles. The molecule has 70 valence electrons. The van der Waals surface area contributed by atoms with Crippen LogP contribution in [-0.2, 0) is 10.5 Å². The van der Waals surface area contributed by atoms with Crippen molar-refractivity contribution in [3.8, 4) is 0 Å². The van der Waals surface area contributed by atoms with Gasteiger partial charge in [0.1, 0.15) is 0 Å². The molecule has 0 bridgehead atoms. The lowest BCUT2D eigenvalue weighted by molar-refractivity contribution is -0.151. The molecule has 1 unspecified atom stereocenters. The molecule has 0 amide bonds. The largest absolute Gasteiger partial charge is 0.479 e. The molecule has 2 nitrogen and oxygen atoms in total. The van der Waals surface area contributed by atoms with Crippen LogP contribution >= 0.6 is 0 Å². The molecule has 13 heavy (non-hydrogen) atoms. The zero-order chi connectivity index (χ0) is 9.90. The Balaban J connectivity index is 3.11. The second-order valence-corrected chi connectivity index (χ2v) is 2.83. The Morgan fingerprint density at radius 2 is 2.00 bits per heavy atom. The van der Waals surface area contributed by atoms with Gasteiger partial charge in [0.15, 0.2) is 0 Å². The summed E-state index contributed by atoms with van der Waals surface area (Å²) in [4.78, 5) is 10.7. The minimum absolute atomic E-state index is 0.0631. The first kappa shape index (κ1) is 9.71. The summed E-state index contributed by atoms with van der Waals surface area (Å²) in [5.41, 5.74) is -2.05. The third-order valence-electron chi connectivity index (χ3n) is 2.06. The van der Waals surface area contributed by atoms with Crippen LogP contribution < -0.4 is 0 Å². The van der Waals surface area contributed by atoms with Crippen molar-refractivity contribution >= 4 is 5.97 Å². The third kappa shape index (κ3) is 1.69. The molecule has 1 aromatic rings. The first-order chi connectivity index (χ1) is 6.11. The number of aliphatic carboxylic acids is 1. The standard InChI is InChI=1S/C10H11FO2/c1-2-10(11,9(12)13)8-6-4-3-5-7-8/h3-7H,2H2,1H3,(H,12,13). The highest BCUT2D eigenvalue weighted by Gasteiger charge is 2.38. The minimum atomic E-state index is -2.25.